The van der Waals surface area contributed by atoms with Crippen molar-refractivity contribution < 1.29 is 4.79 Å². The van der Waals surface area contributed by atoms with Gasteiger partial charge >= 0.3 is 0 Å². The highest BCUT2D eigenvalue weighted by Crippen LogP contribution is 2.14. The first-order valence-corrected chi connectivity index (χ1v) is 5.57. The van der Waals surface area contributed by atoms with Gasteiger partial charge in [-0.2, -0.15) is 0 Å². The van der Waals surface area contributed by atoms with Crippen LogP contribution < -0.4 is 5.32 Å². The van der Waals surface area contributed by atoms with Crippen molar-refractivity contribution in [1.82, 2.24) is 0 Å². The molecule has 0 aliphatic carbocycles. The second-order valence-corrected chi connectivity index (χ2v) is 3.53. The third-order valence-corrected chi connectivity index (χ3v) is 2.60. The van der Waals surface area contributed by atoms with Crippen molar-refractivity contribution in [3.63, 3.8) is 0 Å². The number of rotatable bonds is 3. The maximum Gasteiger partial charge on any atom is 0.261 e. The molecule has 1 N–H and O–H groups in total. The van der Waals surface area contributed by atoms with Crippen LogP contribution in [-0.4, -0.2) is 12.2 Å². The molecule has 0 atom stereocenters. The minimum absolute atomic E-state index is 0.0498. The standard InChI is InChI=1S/C11H13NOS/c1-3-10(14-2)11(13)12-9-7-5-4-6-8-9/h3-8H,1-2H3,(H,12,13)/b10-3-. The summed E-state index contributed by atoms with van der Waals surface area (Å²) < 4.78 is 0. The minimum atomic E-state index is -0.0498. The summed E-state index contributed by atoms with van der Waals surface area (Å²) in [5, 5.41) is 2.82. The summed E-state index contributed by atoms with van der Waals surface area (Å²) in [5.41, 5.74) is 0.825. The van der Waals surface area contributed by atoms with Crippen LogP contribution in [0.5, 0.6) is 0 Å². The molecule has 2 nitrogen and oxygen atoms in total. The van der Waals surface area contributed by atoms with Crippen LogP contribution in [0.2, 0.25) is 0 Å². The lowest BCUT2D eigenvalue weighted by Gasteiger charge is -2.05. The molecule has 1 rings (SSSR count). The Kier molecular flexibility index (Phi) is 4.26. The molecule has 0 saturated carbocycles. The smallest absolute Gasteiger partial charge is 0.261 e. The lowest BCUT2D eigenvalue weighted by Crippen LogP contribution is -2.12. The SMILES string of the molecule is C/C=C(\SC)C(=O)Nc1ccccc1. The zero-order valence-electron chi connectivity index (χ0n) is 8.28. The second kappa shape index (κ2) is 5.50. The fraction of sp³-hybridized carbons (Fsp3) is 0.182. The van der Waals surface area contributed by atoms with Gasteiger partial charge < -0.3 is 5.32 Å². The van der Waals surface area contributed by atoms with Crippen LogP contribution in [0.25, 0.3) is 0 Å². The highest BCUT2D eigenvalue weighted by molar-refractivity contribution is 8.03. The Balaban J connectivity index is 2.66. The van der Waals surface area contributed by atoms with Gasteiger partial charge in [0.1, 0.15) is 0 Å². The Labute approximate surface area is 88.4 Å². The van der Waals surface area contributed by atoms with Gasteiger partial charge in [0.05, 0.1) is 4.91 Å². The van der Waals surface area contributed by atoms with Gasteiger partial charge in [-0.3, -0.25) is 4.79 Å². The molecule has 0 radical (unpaired) electrons. The minimum Gasteiger partial charge on any atom is -0.322 e. The van der Waals surface area contributed by atoms with Gasteiger partial charge in [-0.1, -0.05) is 24.3 Å². The molecule has 0 unspecified atom stereocenters. The van der Waals surface area contributed by atoms with Crippen LogP contribution in [0.3, 0.4) is 0 Å². The summed E-state index contributed by atoms with van der Waals surface area (Å²) in [7, 11) is 0. The van der Waals surface area contributed by atoms with Crippen LogP contribution in [0, 0.1) is 0 Å². The van der Waals surface area contributed by atoms with E-state index in [1.165, 1.54) is 11.8 Å². The molecule has 0 heterocycles. The third-order valence-electron chi connectivity index (χ3n) is 1.74. The van der Waals surface area contributed by atoms with Crippen molar-refractivity contribution in [3.8, 4) is 0 Å². The Morgan fingerprint density at radius 3 is 2.50 bits per heavy atom. The molecule has 0 fully saturated rings. The predicted octanol–water partition coefficient (Wildman–Crippen LogP) is 2.89. The summed E-state index contributed by atoms with van der Waals surface area (Å²) in [6.45, 7) is 1.86. The van der Waals surface area contributed by atoms with E-state index >= 15 is 0 Å². The zero-order valence-corrected chi connectivity index (χ0v) is 9.10. The number of para-hydroxylation sites is 1. The van der Waals surface area contributed by atoms with Gasteiger partial charge in [0, 0.05) is 5.69 Å². The molecule has 0 aliphatic rings. The summed E-state index contributed by atoms with van der Waals surface area (Å²) in [6, 6.07) is 9.44. The molecular weight excluding hydrogens is 194 g/mol. The van der Waals surface area contributed by atoms with Crippen LogP contribution >= 0.6 is 11.8 Å². The number of benzene rings is 1. The molecular formula is C11H13NOS. The number of hydrogen-bond acceptors (Lipinski definition) is 2. The van der Waals surface area contributed by atoms with E-state index in [1.807, 2.05) is 49.6 Å². The number of carbonyl (C=O) groups is 1. The maximum absolute atomic E-state index is 11.6. The summed E-state index contributed by atoms with van der Waals surface area (Å²) in [6.07, 6.45) is 3.70. The average Bonchev–Trinajstić information content (AvgIpc) is 2.21. The second-order valence-electron chi connectivity index (χ2n) is 2.68. The molecule has 14 heavy (non-hydrogen) atoms. The van der Waals surface area contributed by atoms with Crippen molar-refractivity contribution in [2.75, 3.05) is 11.6 Å². The number of hydrogen-bond donors (Lipinski definition) is 1. The molecule has 0 saturated heterocycles. The van der Waals surface area contributed by atoms with E-state index in [2.05, 4.69) is 5.32 Å². The number of carbonyl (C=O) groups excluding carboxylic acids is 1. The first-order valence-electron chi connectivity index (χ1n) is 4.34. The molecule has 0 aliphatic heterocycles. The molecule has 0 aromatic heterocycles. The Hall–Kier alpha value is -1.22. The highest BCUT2D eigenvalue weighted by atomic mass is 32.2. The fourth-order valence-corrected chi connectivity index (χ4v) is 1.53. The maximum atomic E-state index is 11.6. The number of allylic oxidation sites excluding steroid dienone is 1. The van der Waals surface area contributed by atoms with E-state index in [0.717, 1.165) is 10.6 Å². The summed E-state index contributed by atoms with van der Waals surface area (Å²) in [5.74, 6) is -0.0498. The fourth-order valence-electron chi connectivity index (χ4n) is 1.06. The average molecular weight is 207 g/mol. The van der Waals surface area contributed by atoms with Gasteiger partial charge in [-0.05, 0) is 25.3 Å². The van der Waals surface area contributed by atoms with E-state index in [9.17, 15) is 4.79 Å². The third kappa shape index (κ3) is 2.92. The summed E-state index contributed by atoms with van der Waals surface area (Å²) in [4.78, 5) is 12.3. The van der Waals surface area contributed by atoms with E-state index < -0.39 is 0 Å². The van der Waals surface area contributed by atoms with E-state index in [1.54, 1.807) is 0 Å². The van der Waals surface area contributed by atoms with E-state index in [4.69, 9.17) is 0 Å². The van der Waals surface area contributed by atoms with Crippen LogP contribution in [-0.2, 0) is 4.79 Å². The largest absolute Gasteiger partial charge is 0.322 e. The van der Waals surface area contributed by atoms with Crippen molar-refractivity contribution in [3.05, 3.63) is 41.3 Å². The lowest BCUT2D eigenvalue weighted by atomic mass is 10.3. The van der Waals surface area contributed by atoms with Gasteiger partial charge in [0.25, 0.3) is 5.91 Å². The van der Waals surface area contributed by atoms with Gasteiger partial charge in [-0.25, -0.2) is 0 Å². The Morgan fingerprint density at radius 1 is 1.36 bits per heavy atom. The molecule has 74 valence electrons. The van der Waals surface area contributed by atoms with Gasteiger partial charge in [-0.15, -0.1) is 11.8 Å². The monoisotopic (exact) mass is 207 g/mol. The van der Waals surface area contributed by atoms with Crippen molar-refractivity contribution in [2.24, 2.45) is 0 Å². The van der Waals surface area contributed by atoms with Gasteiger partial charge in [0.15, 0.2) is 0 Å². The van der Waals surface area contributed by atoms with Crippen molar-refractivity contribution >= 4 is 23.4 Å². The molecule has 0 spiro atoms. The Bertz CT molecular complexity index is 332. The first-order chi connectivity index (χ1) is 6.77. The molecule has 1 amide bonds. The number of thioether (sulfide) groups is 1. The molecule has 1 aromatic carbocycles. The highest BCUT2D eigenvalue weighted by Gasteiger charge is 2.06. The topological polar surface area (TPSA) is 29.1 Å². The van der Waals surface area contributed by atoms with Crippen LogP contribution in [0.15, 0.2) is 41.3 Å². The van der Waals surface area contributed by atoms with Crippen molar-refractivity contribution in [1.29, 1.82) is 0 Å². The molecule has 1 aromatic rings. The van der Waals surface area contributed by atoms with Gasteiger partial charge in [0.2, 0.25) is 0 Å². The zero-order chi connectivity index (χ0) is 10.4. The summed E-state index contributed by atoms with van der Waals surface area (Å²) >= 11 is 1.45. The van der Waals surface area contributed by atoms with Crippen molar-refractivity contribution in [2.45, 2.75) is 6.92 Å². The van der Waals surface area contributed by atoms with E-state index in [0.29, 0.717) is 0 Å². The quantitative estimate of drug-likeness (QED) is 0.772. The van der Waals surface area contributed by atoms with E-state index in [-0.39, 0.29) is 5.91 Å². The number of anilines is 1. The Morgan fingerprint density at radius 2 is 2.00 bits per heavy atom. The van der Waals surface area contributed by atoms with Crippen LogP contribution in [0.4, 0.5) is 5.69 Å². The first kappa shape index (κ1) is 10.9. The number of amides is 1. The normalized spacial score (nSPS) is 11.1. The molecule has 3 heteroatoms. The van der Waals surface area contributed by atoms with Crippen LogP contribution in [0.1, 0.15) is 6.92 Å². The number of nitrogens with one attached hydrogen (secondary N) is 1. The molecule has 0 bridgehead atoms. The lowest BCUT2D eigenvalue weighted by molar-refractivity contribution is -0.112. The predicted molar refractivity (Wildman–Crippen MR) is 62.3 cm³/mol.